The van der Waals surface area contributed by atoms with Crippen LogP contribution in [-0.4, -0.2) is 41.3 Å². The average molecular weight is 277 g/mol. The van der Waals surface area contributed by atoms with E-state index in [4.69, 9.17) is 4.74 Å². The Morgan fingerprint density at radius 3 is 2.90 bits per heavy atom. The molecule has 1 saturated heterocycles. The summed E-state index contributed by atoms with van der Waals surface area (Å²) in [4.78, 5) is 0. The smallest absolute Gasteiger partial charge is 0.125 e. The summed E-state index contributed by atoms with van der Waals surface area (Å²) in [5, 5.41) is 16.8. The Kier molecular flexibility index (Phi) is 3.42. The van der Waals surface area contributed by atoms with Crippen molar-refractivity contribution < 1.29 is 14.2 Å². The van der Waals surface area contributed by atoms with Crippen molar-refractivity contribution in [1.82, 2.24) is 9.78 Å². The molecule has 0 aliphatic carbocycles. The van der Waals surface area contributed by atoms with Crippen LogP contribution in [0.5, 0.6) is 0 Å². The molecular weight excluding hydrogens is 261 g/mol. The lowest BCUT2D eigenvalue weighted by atomic mass is 9.87. The van der Waals surface area contributed by atoms with Crippen LogP contribution in [0.15, 0.2) is 36.7 Å². The summed E-state index contributed by atoms with van der Waals surface area (Å²) in [5.74, 6) is -0.314. The maximum Gasteiger partial charge on any atom is 0.125 e. The second-order valence-corrected chi connectivity index (χ2v) is 5.12. The molecule has 0 amide bonds. The molecule has 0 unspecified atom stereocenters. The number of aliphatic hydroxyl groups is 1. The molecule has 2 N–H and O–H groups in total. The molecule has 106 valence electrons. The van der Waals surface area contributed by atoms with Crippen LogP contribution in [-0.2, 0) is 4.74 Å². The van der Waals surface area contributed by atoms with E-state index < -0.39 is 0 Å². The Morgan fingerprint density at radius 2 is 2.30 bits per heavy atom. The third kappa shape index (κ3) is 2.39. The van der Waals surface area contributed by atoms with Crippen LogP contribution >= 0.6 is 0 Å². The fourth-order valence-corrected chi connectivity index (χ4v) is 2.18. The molecule has 1 aromatic carbocycles. The Morgan fingerprint density at radius 1 is 1.45 bits per heavy atom. The first kappa shape index (κ1) is 13.1. The number of hydrogen-bond acceptors (Lipinski definition) is 4. The molecule has 6 heteroatoms. The number of nitrogens with one attached hydrogen (secondary N) is 1. The van der Waals surface area contributed by atoms with E-state index in [0.717, 1.165) is 5.69 Å². The van der Waals surface area contributed by atoms with Crippen molar-refractivity contribution in [3.8, 4) is 5.69 Å². The van der Waals surface area contributed by atoms with Crippen LogP contribution in [0.1, 0.15) is 0 Å². The maximum atomic E-state index is 13.4. The number of anilines is 1. The van der Waals surface area contributed by atoms with Crippen molar-refractivity contribution in [1.29, 1.82) is 0 Å². The molecule has 0 bridgehead atoms. The lowest BCUT2D eigenvalue weighted by Gasteiger charge is -2.40. The standard InChI is InChI=1S/C14H16FN3O2/c15-11-2-3-13(18-5-1-4-17-18)12(6-11)16-7-14(8-19)9-20-10-14/h1-6,16,19H,7-10H2. The minimum absolute atomic E-state index is 0.0480. The second-order valence-electron chi connectivity index (χ2n) is 5.12. The molecule has 0 atom stereocenters. The predicted molar refractivity (Wildman–Crippen MR) is 72.3 cm³/mol. The quantitative estimate of drug-likeness (QED) is 0.868. The molecule has 2 heterocycles. The first-order valence-corrected chi connectivity index (χ1v) is 6.45. The van der Waals surface area contributed by atoms with Gasteiger partial charge in [-0.3, -0.25) is 0 Å². The predicted octanol–water partition coefficient (Wildman–Crippen LogP) is 1.43. The van der Waals surface area contributed by atoms with Crippen molar-refractivity contribution in [2.45, 2.75) is 0 Å². The van der Waals surface area contributed by atoms with Crippen LogP contribution in [0.3, 0.4) is 0 Å². The number of halogens is 1. The lowest BCUT2D eigenvalue weighted by Crippen LogP contribution is -2.50. The molecule has 1 fully saturated rings. The normalized spacial score (nSPS) is 16.7. The monoisotopic (exact) mass is 277 g/mol. The Balaban J connectivity index is 1.83. The molecule has 0 saturated carbocycles. The van der Waals surface area contributed by atoms with Crippen LogP contribution in [0, 0.1) is 11.2 Å². The van der Waals surface area contributed by atoms with E-state index in [1.807, 2.05) is 6.07 Å². The summed E-state index contributed by atoms with van der Waals surface area (Å²) in [7, 11) is 0. The van der Waals surface area contributed by atoms with Gasteiger partial charge in [-0.15, -0.1) is 0 Å². The van der Waals surface area contributed by atoms with Gasteiger partial charge in [0.25, 0.3) is 0 Å². The van der Waals surface area contributed by atoms with Gasteiger partial charge in [-0.2, -0.15) is 5.10 Å². The van der Waals surface area contributed by atoms with Gasteiger partial charge in [-0.05, 0) is 24.3 Å². The number of rotatable bonds is 5. The third-order valence-corrected chi connectivity index (χ3v) is 3.52. The maximum absolute atomic E-state index is 13.4. The van der Waals surface area contributed by atoms with Gasteiger partial charge in [0.05, 0.1) is 36.6 Å². The summed E-state index contributed by atoms with van der Waals surface area (Å²) in [6, 6.07) is 6.31. The summed E-state index contributed by atoms with van der Waals surface area (Å²) in [6.45, 7) is 1.61. The minimum atomic E-state index is -0.314. The fourth-order valence-electron chi connectivity index (χ4n) is 2.18. The summed E-state index contributed by atoms with van der Waals surface area (Å²) < 4.78 is 20.3. The molecule has 1 aliphatic heterocycles. The van der Waals surface area contributed by atoms with Crippen molar-refractivity contribution in [3.63, 3.8) is 0 Å². The Labute approximate surface area is 116 Å². The van der Waals surface area contributed by atoms with Crippen LogP contribution in [0.25, 0.3) is 5.69 Å². The van der Waals surface area contributed by atoms with Crippen LogP contribution in [0.4, 0.5) is 10.1 Å². The number of aromatic nitrogens is 2. The SMILES string of the molecule is OCC1(CNc2cc(F)ccc2-n2cccn2)COC1. The third-order valence-electron chi connectivity index (χ3n) is 3.52. The zero-order valence-electron chi connectivity index (χ0n) is 10.9. The van der Waals surface area contributed by atoms with Gasteiger partial charge < -0.3 is 15.2 Å². The molecule has 0 radical (unpaired) electrons. The Bertz CT molecular complexity index is 577. The van der Waals surface area contributed by atoms with Gasteiger partial charge in [-0.25, -0.2) is 9.07 Å². The number of hydrogen-bond donors (Lipinski definition) is 2. The first-order chi connectivity index (χ1) is 9.72. The minimum Gasteiger partial charge on any atom is -0.396 e. The summed E-state index contributed by atoms with van der Waals surface area (Å²) >= 11 is 0. The highest BCUT2D eigenvalue weighted by molar-refractivity contribution is 5.61. The number of nitrogens with zero attached hydrogens (tertiary/aromatic N) is 2. The molecule has 2 aromatic rings. The molecule has 1 aromatic heterocycles. The topological polar surface area (TPSA) is 59.3 Å². The second kappa shape index (κ2) is 5.22. The molecule has 3 rings (SSSR count). The van der Waals surface area contributed by atoms with Crippen molar-refractivity contribution in [2.75, 3.05) is 31.7 Å². The van der Waals surface area contributed by atoms with E-state index in [2.05, 4.69) is 10.4 Å². The van der Waals surface area contributed by atoms with E-state index in [1.54, 1.807) is 23.1 Å². The van der Waals surface area contributed by atoms with E-state index in [0.29, 0.717) is 25.4 Å². The van der Waals surface area contributed by atoms with Gasteiger partial charge >= 0.3 is 0 Å². The molecule has 5 nitrogen and oxygen atoms in total. The highest BCUT2D eigenvalue weighted by Crippen LogP contribution is 2.29. The van der Waals surface area contributed by atoms with Crippen LogP contribution in [0.2, 0.25) is 0 Å². The number of benzene rings is 1. The van der Waals surface area contributed by atoms with Crippen molar-refractivity contribution >= 4 is 5.69 Å². The Hall–Kier alpha value is -1.92. The highest BCUT2D eigenvalue weighted by Gasteiger charge is 2.38. The van der Waals surface area contributed by atoms with E-state index in [1.165, 1.54) is 12.1 Å². The zero-order valence-corrected chi connectivity index (χ0v) is 10.9. The molecular formula is C14H16FN3O2. The molecule has 1 aliphatic rings. The van der Waals surface area contributed by atoms with Gasteiger partial charge in [-0.1, -0.05) is 0 Å². The summed E-state index contributed by atoms with van der Waals surface area (Å²) in [5.41, 5.74) is 1.14. The fraction of sp³-hybridized carbons (Fsp3) is 0.357. The van der Waals surface area contributed by atoms with Gasteiger partial charge in [0, 0.05) is 18.9 Å². The number of aliphatic hydroxyl groups excluding tert-OH is 1. The summed E-state index contributed by atoms with van der Waals surface area (Å²) in [6.07, 6.45) is 3.47. The van der Waals surface area contributed by atoms with Crippen molar-refractivity contribution in [3.05, 3.63) is 42.5 Å². The van der Waals surface area contributed by atoms with Gasteiger partial charge in [0.15, 0.2) is 0 Å². The first-order valence-electron chi connectivity index (χ1n) is 6.45. The molecule has 0 spiro atoms. The largest absolute Gasteiger partial charge is 0.396 e. The van der Waals surface area contributed by atoms with E-state index >= 15 is 0 Å². The van der Waals surface area contributed by atoms with Gasteiger partial charge in [0.2, 0.25) is 0 Å². The van der Waals surface area contributed by atoms with Crippen molar-refractivity contribution in [2.24, 2.45) is 5.41 Å². The van der Waals surface area contributed by atoms with E-state index in [9.17, 15) is 9.50 Å². The van der Waals surface area contributed by atoms with Gasteiger partial charge in [0.1, 0.15) is 5.82 Å². The number of ether oxygens (including phenoxy) is 1. The molecule has 20 heavy (non-hydrogen) atoms. The lowest BCUT2D eigenvalue weighted by molar-refractivity contribution is -0.128. The van der Waals surface area contributed by atoms with E-state index in [-0.39, 0.29) is 17.8 Å². The van der Waals surface area contributed by atoms with Crippen LogP contribution < -0.4 is 5.32 Å². The average Bonchev–Trinajstić information content (AvgIpc) is 2.92. The zero-order chi connectivity index (χ0) is 14.0. The highest BCUT2D eigenvalue weighted by atomic mass is 19.1.